The fraction of sp³-hybridized carbons (Fsp3) is 0.333. The van der Waals surface area contributed by atoms with E-state index < -0.39 is 0 Å². The van der Waals surface area contributed by atoms with Crippen LogP contribution in [0.2, 0.25) is 10.0 Å². The fourth-order valence-corrected chi connectivity index (χ4v) is 3.17. The third-order valence-corrected chi connectivity index (χ3v) is 4.27. The summed E-state index contributed by atoms with van der Waals surface area (Å²) in [5.74, 6) is 0.178. The molecule has 0 spiro atoms. The van der Waals surface area contributed by atoms with Gasteiger partial charge in [0.05, 0.1) is 12.2 Å². The Labute approximate surface area is 127 Å². The number of carbonyl (C=O) groups is 1. The van der Waals surface area contributed by atoms with Crippen LogP contribution in [0.3, 0.4) is 0 Å². The van der Waals surface area contributed by atoms with Gasteiger partial charge in [0.2, 0.25) is 0 Å². The van der Waals surface area contributed by atoms with E-state index in [1.165, 1.54) is 0 Å². The van der Waals surface area contributed by atoms with Crippen molar-refractivity contribution in [1.29, 1.82) is 0 Å². The fourth-order valence-electron chi connectivity index (χ4n) is 2.70. The van der Waals surface area contributed by atoms with E-state index in [1.54, 1.807) is 16.8 Å². The quantitative estimate of drug-likeness (QED) is 0.838. The van der Waals surface area contributed by atoms with Crippen LogP contribution >= 0.6 is 23.2 Å². The highest BCUT2D eigenvalue weighted by molar-refractivity contribution is 6.35. The van der Waals surface area contributed by atoms with Crippen LogP contribution in [0.15, 0.2) is 18.2 Å². The molecule has 1 aliphatic rings. The topological polar surface area (TPSA) is 34.9 Å². The van der Waals surface area contributed by atoms with Gasteiger partial charge in [-0.2, -0.15) is 5.10 Å². The maximum atomic E-state index is 12.1. The van der Waals surface area contributed by atoms with Gasteiger partial charge in [-0.1, -0.05) is 29.3 Å². The molecule has 0 amide bonds. The largest absolute Gasteiger partial charge is 0.292 e. The molecule has 0 saturated carbocycles. The lowest BCUT2D eigenvalue weighted by atomic mass is 9.95. The number of fused-ring (bicyclic) bond motifs is 1. The van der Waals surface area contributed by atoms with E-state index >= 15 is 0 Å². The molecule has 0 saturated heterocycles. The minimum atomic E-state index is 0.178. The van der Waals surface area contributed by atoms with E-state index in [4.69, 9.17) is 23.2 Å². The third-order valence-electron chi connectivity index (χ3n) is 3.68. The standard InChI is InChI=1S/C15H14Cl2N2O/c1-9-12-3-2-4-14(20)15(12)19(18-9)8-10-5-6-11(16)7-13(10)17/h5-7H,2-4,8H2,1H3. The summed E-state index contributed by atoms with van der Waals surface area (Å²) >= 11 is 12.1. The van der Waals surface area contributed by atoms with Crippen molar-refractivity contribution in [2.75, 3.05) is 0 Å². The van der Waals surface area contributed by atoms with Gasteiger partial charge in [-0.15, -0.1) is 0 Å². The predicted octanol–water partition coefficient (Wildman–Crippen LogP) is 4.07. The Morgan fingerprint density at radius 2 is 2.10 bits per heavy atom. The number of benzene rings is 1. The first-order chi connectivity index (χ1) is 9.56. The van der Waals surface area contributed by atoms with Gasteiger partial charge in [-0.25, -0.2) is 0 Å². The van der Waals surface area contributed by atoms with Crippen LogP contribution in [0.4, 0.5) is 0 Å². The van der Waals surface area contributed by atoms with E-state index in [0.29, 0.717) is 23.0 Å². The summed E-state index contributed by atoms with van der Waals surface area (Å²) in [5.41, 5.74) is 3.70. The molecule has 0 bridgehead atoms. The van der Waals surface area contributed by atoms with Crippen LogP contribution in [0.5, 0.6) is 0 Å². The number of ketones is 1. The highest BCUT2D eigenvalue weighted by atomic mass is 35.5. The molecule has 0 unspecified atom stereocenters. The van der Waals surface area contributed by atoms with Crippen LogP contribution in [0.1, 0.15) is 40.2 Å². The van der Waals surface area contributed by atoms with Crippen LogP contribution < -0.4 is 0 Å². The van der Waals surface area contributed by atoms with Gasteiger partial charge < -0.3 is 0 Å². The number of nitrogens with zero attached hydrogens (tertiary/aromatic N) is 2. The molecule has 1 aliphatic carbocycles. The molecule has 5 heteroatoms. The van der Waals surface area contributed by atoms with E-state index in [9.17, 15) is 4.79 Å². The lowest BCUT2D eigenvalue weighted by Gasteiger charge is -2.13. The molecule has 20 heavy (non-hydrogen) atoms. The molecular weight excluding hydrogens is 295 g/mol. The van der Waals surface area contributed by atoms with E-state index in [-0.39, 0.29) is 5.78 Å². The van der Waals surface area contributed by atoms with Crippen molar-refractivity contribution in [3.05, 3.63) is 50.8 Å². The number of Topliss-reactive ketones (excluding diaryl/α,β-unsaturated/α-hetero) is 1. The minimum absolute atomic E-state index is 0.178. The number of hydrogen-bond donors (Lipinski definition) is 0. The molecule has 1 heterocycles. The predicted molar refractivity (Wildman–Crippen MR) is 79.8 cm³/mol. The second kappa shape index (κ2) is 5.23. The Bertz CT molecular complexity index is 691. The number of aryl methyl sites for hydroxylation is 1. The number of aromatic nitrogens is 2. The molecule has 0 atom stereocenters. The average molecular weight is 309 g/mol. The first-order valence-corrected chi connectivity index (χ1v) is 7.35. The molecule has 2 aromatic rings. The average Bonchev–Trinajstić information content (AvgIpc) is 2.71. The van der Waals surface area contributed by atoms with Gasteiger partial charge in [0.15, 0.2) is 5.78 Å². The summed E-state index contributed by atoms with van der Waals surface area (Å²) in [6.45, 7) is 2.45. The first kappa shape index (κ1) is 13.7. The van der Waals surface area contributed by atoms with Gasteiger partial charge in [0, 0.05) is 22.0 Å². The molecule has 1 aromatic carbocycles. The van der Waals surface area contributed by atoms with Gasteiger partial charge >= 0.3 is 0 Å². The maximum Gasteiger partial charge on any atom is 0.181 e. The third kappa shape index (κ3) is 2.36. The van der Waals surface area contributed by atoms with Crippen LogP contribution in [-0.4, -0.2) is 15.6 Å². The SMILES string of the molecule is Cc1nn(Cc2ccc(Cl)cc2Cl)c2c1CCCC2=O. The van der Waals surface area contributed by atoms with Crippen molar-refractivity contribution in [2.45, 2.75) is 32.7 Å². The molecule has 3 rings (SSSR count). The Balaban J connectivity index is 2.01. The summed E-state index contributed by atoms with van der Waals surface area (Å²) in [4.78, 5) is 12.1. The zero-order valence-corrected chi connectivity index (χ0v) is 12.6. The van der Waals surface area contributed by atoms with Crippen LogP contribution in [-0.2, 0) is 13.0 Å². The van der Waals surface area contributed by atoms with Gasteiger partial charge in [0.1, 0.15) is 5.69 Å². The molecule has 0 radical (unpaired) electrons. The summed E-state index contributed by atoms with van der Waals surface area (Å²) in [7, 11) is 0. The summed E-state index contributed by atoms with van der Waals surface area (Å²) in [5, 5.41) is 5.71. The van der Waals surface area contributed by atoms with Gasteiger partial charge in [-0.05, 0) is 37.5 Å². The number of rotatable bonds is 2. The van der Waals surface area contributed by atoms with Gasteiger partial charge in [-0.3, -0.25) is 9.48 Å². The molecule has 3 nitrogen and oxygen atoms in total. The smallest absolute Gasteiger partial charge is 0.181 e. The highest BCUT2D eigenvalue weighted by Crippen LogP contribution is 2.27. The van der Waals surface area contributed by atoms with Crippen molar-refractivity contribution in [3.63, 3.8) is 0 Å². The molecule has 0 fully saturated rings. The number of hydrogen-bond acceptors (Lipinski definition) is 2. The molecule has 104 valence electrons. The number of halogens is 2. The Hall–Kier alpha value is -1.32. The molecule has 1 aromatic heterocycles. The van der Waals surface area contributed by atoms with Crippen molar-refractivity contribution in [1.82, 2.24) is 9.78 Å². The second-order valence-electron chi connectivity index (χ2n) is 5.08. The minimum Gasteiger partial charge on any atom is -0.292 e. The number of carbonyl (C=O) groups excluding carboxylic acids is 1. The monoisotopic (exact) mass is 308 g/mol. The van der Waals surface area contributed by atoms with E-state index in [1.807, 2.05) is 13.0 Å². The lowest BCUT2D eigenvalue weighted by Crippen LogP contribution is -2.16. The van der Waals surface area contributed by atoms with Crippen molar-refractivity contribution >= 4 is 29.0 Å². The van der Waals surface area contributed by atoms with E-state index in [2.05, 4.69) is 5.10 Å². The maximum absolute atomic E-state index is 12.1. The first-order valence-electron chi connectivity index (χ1n) is 6.59. The second-order valence-corrected chi connectivity index (χ2v) is 5.93. The lowest BCUT2D eigenvalue weighted by molar-refractivity contribution is 0.0962. The van der Waals surface area contributed by atoms with Crippen LogP contribution in [0, 0.1) is 6.92 Å². The van der Waals surface area contributed by atoms with Crippen molar-refractivity contribution in [3.8, 4) is 0 Å². The summed E-state index contributed by atoms with van der Waals surface area (Å²) in [6.07, 6.45) is 2.45. The summed E-state index contributed by atoms with van der Waals surface area (Å²) in [6, 6.07) is 5.39. The zero-order valence-electron chi connectivity index (χ0n) is 11.1. The molecular formula is C15H14Cl2N2O. The Morgan fingerprint density at radius 1 is 1.30 bits per heavy atom. The Kier molecular flexibility index (Phi) is 3.57. The normalized spacial score (nSPS) is 14.4. The summed E-state index contributed by atoms with van der Waals surface area (Å²) < 4.78 is 1.78. The van der Waals surface area contributed by atoms with Gasteiger partial charge in [0.25, 0.3) is 0 Å². The highest BCUT2D eigenvalue weighted by Gasteiger charge is 2.25. The van der Waals surface area contributed by atoms with Crippen molar-refractivity contribution in [2.24, 2.45) is 0 Å². The molecule has 0 aliphatic heterocycles. The molecule has 0 N–H and O–H groups in total. The Morgan fingerprint density at radius 3 is 2.85 bits per heavy atom. The van der Waals surface area contributed by atoms with E-state index in [0.717, 1.165) is 35.4 Å². The zero-order chi connectivity index (χ0) is 14.3. The van der Waals surface area contributed by atoms with Crippen LogP contribution in [0.25, 0.3) is 0 Å². The van der Waals surface area contributed by atoms with Crippen molar-refractivity contribution < 1.29 is 4.79 Å².